The summed E-state index contributed by atoms with van der Waals surface area (Å²) in [6, 6.07) is 11.9. The van der Waals surface area contributed by atoms with Crippen LogP contribution in [-0.2, 0) is 0 Å². The summed E-state index contributed by atoms with van der Waals surface area (Å²) in [5, 5.41) is 0.743. The van der Waals surface area contributed by atoms with Gasteiger partial charge in [-0.25, -0.2) is 9.97 Å². The van der Waals surface area contributed by atoms with Crippen LogP contribution < -0.4 is 4.90 Å². The summed E-state index contributed by atoms with van der Waals surface area (Å²) < 4.78 is 2.12. The molecule has 0 atom stereocenters. The lowest BCUT2D eigenvalue weighted by Gasteiger charge is -2.22. The van der Waals surface area contributed by atoms with Crippen LogP contribution in [0, 0.1) is 0 Å². The van der Waals surface area contributed by atoms with Gasteiger partial charge in [-0.1, -0.05) is 17.4 Å². The van der Waals surface area contributed by atoms with Crippen LogP contribution in [0.3, 0.4) is 0 Å². The molecule has 0 unspecified atom stereocenters. The Morgan fingerprint density at radius 3 is 2.79 bits per heavy atom. The number of thioether (sulfide) groups is 1. The number of carbonyl (C=O) groups excluding carboxylic acids is 1. The Labute approximate surface area is 176 Å². The van der Waals surface area contributed by atoms with Gasteiger partial charge in [0.2, 0.25) is 0 Å². The Kier molecular flexibility index (Phi) is 5.63. The highest BCUT2D eigenvalue weighted by Gasteiger charge is 2.22. The second kappa shape index (κ2) is 8.16. The molecule has 0 aliphatic heterocycles. The number of fused-ring (bicyclic) bond motifs is 2. The molecule has 0 saturated carbocycles. The fourth-order valence-corrected chi connectivity index (χ4v) is 5.28. The molecule has 0 saturated heterocycles. The summed E-state index contributed by atoms with van der Waals surface area (Å²) in [6.07, 6.45) is 2.05. The van der Waals surface area contributed by atoms with Crippen LogP contribution in [0.1, 0.15) is 10.4 Å². The SMILES string of the molecule is CSc1cccc2sc(N(CCN(C)C)C(=O)c3ccc4ncsc4c3)nc12. The maximum absolute atomic E-state index is 13.4. The molecule has 0 N–H and O–H groups in total. The van der Waals surface area contributed by atoms with Gasteiger partial charge in [0.1, 0.15) is 0 Å². The zero-order valence-corrected chi connectivity index (χ0v) is 18.3. The minimum absolute atomic E-state index is 0.0260. The maximum atomic E-state index is 13.4. The third-order valence-electron chi connectivity index (χ3n) is 4.42. The van der Waals surface area contributed by atoms with Crippen molar-refractivity contribution in [2.75, 3.05) is 38.3 Å². The first-order valence-corrected chi connectivity index (χ1v) is 11.7. The third-order valence-corrected chi connectivity index (χ3v) is 7.02. The average Bonchev–Trinajstić information content (AvgIpc) is 3.33. The van der Waals surface area contributed by atoms with Crippen LogP contribution >= 0.6 is 34.4 Å². The molecule has 0 fully saturated rings. The predicted molar refractivity (Wildman–Crippen MR) is 121 cm³/mol. The number of likely N-dealkylation sites (N-methyl/N-ethyl adjacent to an activating group) is 1. The number of rotatable bonds is 6. The molecular weight excluding hydrogens is 408 g/mol. The molecule has 2 aromatic carbocycles. The largest absolute Gasteiger partial charge is 0.308 e. The van der Waals surface area contributed by atoms with E-state index in [0.717, 1.165) is 37.0 Å². The summed E-state index contributed by atoms with van der Waals surface area (Å²) in [7, 11) is 4.02. The van der Waals surface area contributed by atoms with Gasteiger partial charge in [-0.15, -0.1) is 23.1 Å². The first-order chi connectivity index (χ1) is 13.6. The van der Waals surface area contributed by atoms with Crippen LogP contribution in [0.5, 0.6) is 0 Å². The molecule has 4 rings (SSSR count). The molecule has 2 aromatic heterocycles. The van der Waals surface area contributed by atoms with Gasteiger partial charge < -0.3 is 4.90 Å². The predicted octanol–water partition coefficient (Wildman–Crippen LogP) is 4.84. The number of anilines is 1. The van der Waals surface area contributed by atoms with Crippen molar-refractivity contribution >= 4 is 65.9 Å². The highest BCUT2D eigenvalue weighted by molar-refractivity contribution is 7.98. The molecule has 4 aromatic rings. The van der Waals surface area contributed by atoms with E-state index in [1.807, 2.05) is 44.6 Å². The topological polar surface area (TPSA) is 49.3 Å². The molecule has 28 heavy (non-hydrogen) atoms. The van der Waals surface area contributed by atoms with Crippen molar-refractivity contribution in [3.05, 3.63) is 47.5 Å². The van der Waals surface area contributed by atoms with Gasteiger partial charge in [0.15, 0.2) is 5.13 Å². The second-order valence-electron chi connectivity index (χ2n) is 6.60. The molecule has 0 aliphatic rings. The normalized spacial score (nSPS) is 11.6. The van der Waals surface area contributed by atoms with Crippen molar-refractivity contribution < 1.29 is 4.79 Å². The van der Waals surface area contributed by atoms with Gasteiger partial charge in [0, 0.05) is 23.5 Å². The Bertz CT molecular complexity index is 1130. The number of aromatic nitrogens is 2. The summed E-state index contributed by atoms with van der Waals surface area (Å²) >= 11 is 4.79. The van der Waals surface area contributed by atoms with E-state index in [2.05, 4.69) is 22.0 Å². The maximum Gasteiger partial charge on any atom is 0.260 e. The van der Waals surface area contributed by atoms with Gasteiger partial charge >= 0.3 is 0 Å². The number of para-hydroxylation sites is 1. The second-order valence-corrected chi connectivity index (χ2v) is 9.34. The number of benzene rings is 2. The molecule has 144 valence electrons. The quantitative estimate of drug-likeness (QED) is 0.412. The lowest BCUT2D eigenvalue weighted by Crippen LogP contribution is -2.36. The zero-order valence-electron chi connectivity index (χ0n) is 15.9. The summed E-state index contributed by atoms with van der Waals surface area (Å²) in [5.41, 5.74) is 4.36. The van der Waals surface area contributed by atoms with E-state index in [9.17, 15) is 4.79 Å². The highest BCUT2D eigenvalue weighted by Crippen LogP contribution is 2.34. The standard InChI is InChI=1S/C20H20N4OS3/c1-23(2)9-10-24(19(25)13-7-8-14-17(11-13)27-12-21-14)20-22-18-15(26-3)5-4-6-16(18)28-20/h4-8,11-12H,9-10H2,1-3H3. The van der Waals surface area contributed by atoms with Crippen molar-refractivity contribution in [2.24, 2.45) is 0 Å². The minimum atomic E-state index is -0.0260. The fourth-order valence-electron chi connectivity index (χ4n) is 2.92. The molecule has 0 aliphatic carbocycles. The summed E-state index contributed by atoms with van der Waals surface area (Å²) in [5.74, 6) is -0.0260. The molecule has 2 heterocycles. The Hall–Kier alpha value is -2.00. The molecular formula is C20H20N4OS3. The van der Waals surface area contributed by atoms with Crippen molar-refractivity contribution in [3.63, 3.8) is 0 Å². The zero-order chi connectivity index (χ0) is 19.7. The lowest BCUT2D eigenvalue weighted by molar-refractivity contribution is 0.0985. The molecule has 8 heteroatoms. The first-order valence-electron chi connectivity index (χ1n) is 8.80. The monoisotopic (exact) mass is 428 g/mol. The average molecular weight is 429 g/mol. The van der Waals surface area contributed by atoms with Gasteiger partial charge in [-0.2, -0.15) is 0 Å². The molecule has 5 nitrogen and oxygen atoms in total. The van der Waals surface area contributed by atoms with Gasteiger partial charge in [-0.05, 0) is 50.7 Å². The number of hydrogen-bond acceptors (Lipinski definition) is 7. The summed E-state index contributed by atoms with van der Waals surface area (Å²) in [4.78, 5) is 27.6. The Morgan fingerprint density at radius 2 is 2.00 bits per heavy atom. The van der Waals surface area contributed by atoms with Crippen molar-refractivity contribution in [1.29, 1.82) is 0 Å². The van der Waals surface area contributed by atoms with Gasteiger partial charge in [0.05, 0.1) is 25.9 Å². The third kappa shape index (κ3) is 3.77. The minimum Gasteiger partial charge on any atom is -0.308 e. The number of nitrogens with zero attached hydrogens (tertiary/aromatic N) is 4. The Morgan fingerprint density at radius 1 is 1.14 bits per heavy atom. The van der Waals surface area contributed by atoms with Crippen LogP contribution in [-0.4, -0.2) is 54.2 Å². The van der Waals surface area contributed by atoms with Gasteiger partial charge in [-0.3, -0.25) is 9.69 Å². The van der Waals surface area contributed by atoms with Crippen LogP contribution in [0.25, 0.3) is 20.4 Å². The van der Waals surface area contributed by atoms with Crippen LogP contribution in [0.15, 0.2) is 46.8 Å². The number of thiazole rings is 2. The molecule has 0 spiro atoms. The number of hydrogen-bond donors (Lipinski definition) is 0. The molecule has 0 radical (unpaired) electrons. The van der Waals surface area contributed by atoms with E-state index in [1.54, 1.807) is 44.8 Å². The molecule has 0 bridgehead atoms. The van der Waals surface area contributed by atoms with E-state index in [0.29, 0.717) is 12.1 Å². The van der Waals surface area contributed by atoms with Crippen LogP contribution in [0.4, 0.5) is 5.13 Å². The number of amides is 1. The van der Waals surface area contributed by atoms with E-state index >= 15 is 0 Å². The number of carbonyl (C=O) groups is 1. The Balaban J connectivity index is 1.75. The summed E-state index contributed by atoms with van der Waals surface area (Å²) in [6.45, 7) is 1.35. The smallest absolute Gasteiger partial charge is 0.260 e. The fraction of sp³-hybridized carbons (Fsp3) is 0.250. The van der Waals surface area contributed by atoms with Crippen molar-refractivity contribution in [1.82, 2.24) is 14.9 Å². The van der Waals surface area contributed by atoms with E-state index < -0.39 is 0 Å². The van der Waals surface area contributed by atoms with E-state index in [1.165, 1.54) is 0 Å². The lowest BCUT2D eigenvalue weighted by atomic mass is 10.2. The van der Waals surface area contributed by atoms with Gasteiger partial charge in [0.25, 0.3) is 5.91 Å². The molecule has 1 amide bonds. The van der Waals surface area contributed by atoms with Crippen molar-refractivity contribution in [3.8, 4) is 0 Å². The highest BCUT2D eigenvalue weighted by atomic mass is 32.2. The van der Waals surface area contributed by atoms with E-state index in [-0.39, 0.29) is 5.91 Å². The van der Waals surface area contributed by atoms with Crippen LogP contribution in [0.2, 0.25) is 0 Å². The first kappa shape index (κ1) is 19.3. The van der Waals surface area contributed by atoms with E-state index in [4.69, 9.17) is 4.98 Å². The van der Waals surface area contributed by atoms with Crippen molar-refractivity contribution in [2.45, 2.75) is 4.90 Å².